The van der Waals surface area contributed by atoms with Crippen molar-refractivity contribution in [2.45, 2.75) is 26.3 Å². The third-order valence-corrected chi connectivity index (χ3v) is 2.21. The first-order valence-corrected chi connectivity index (χ1v) is 5.29. The monoisotopic (exact) mass is 224 g/mol. The molecule has 5 nitrogen and oxygen atoms in total. The first-order valence-electron chi connectivity index (χ1n) is 5.29. The Bertz CT molecular complexity index is 366. The van der Waals surface area contributed by atoms with Crippen LogP contribution in [0.15, 0.2) is 18.2 Å². The van der Waals surface area contributed by atoms with E-state index < -0.39 is 4.92 Å². The summed E-state index contributed by atoms with van der Waals surface area (Å²) in [5, 5.41) is 10.8. The summed E-state index contributed by atoms with van der Waals surface area (Å²) in [4.78, 5) is 10.4. The highest BCUT2D eigenvalue weighted by atomic mass is 16.6. The lowest BCUT2D eigenvalue weighted by molar-refractivity contribution is -0.385. The number of rotatable bonds is 6. The zero-order valence-electron chi connectivity index (χ0n) is 9.31. The van der Waals surface area contributed by atoms with Crippen molar-refractivity contribution in [2.75, 3.05) is 6.61 Å². The third-order valence-electron chi connectivity index (χ3n) is 2.21. The molecule has 1 aromatic carbocycles. The van der Waals surface area contributed by atoms with E-state index >= 15 is 0 Å². The Balaban J connectivity index is 2.85. The fourth-order valence-electron chi connectivity index (χ4n) is 1.28. The van der Waals surface area contributed by atoms with Gasteiger partial charge in [0.25, 0.3) is 0 Å². The molecule has 88 valence electrons. The molecular formula is C11H16N2O3. The van der Waals surface area contributed by atoms with E-state index in [4.69, 9.17) is 10.5 Å². The summed E-state index contributed by atoms with van der Waals surface area (Å²) in [7, 11) is 0. The Hall–Kier alpha value is -1.62. The smallest absolute Gasteiger partial charge is 0.311 e. The SMILES string of the molecule is CCCCOc1ccc(CN)cc1[N+](=O)[O-]. The van der Waals surface area contributed by atoms with Crippen LogP contribution in [0.3, 0.4) is 0 Å². The quantitative estimate of drug-likeness (QED) is 0.456. The van der Waals surface area contributed by atoms with E-state index in [-0.39, 0.29) is 12.2 Å². The normalized spacial score (nSPS) is 10.1. The van der Waals surface area contributed by atoms with Gasteiger partial charge in [0.15, 0.2) is 5.75 Å². The Labute approximate surface area is 94.4 Å². The standard InChI is InChI=1S/C11H16N2O3/c1-2-3-6-16-11-5-4-9(8-12)7-10(11)13(14)15/h4-5,7H,2-3,6,8,12H2,1H3. The first-order chi connectivity index (χ1) is 7.69. The highest BCUT2D eigenvalue weighted by molar-refractivity contribution is 5.48. The molecule has 0 amide bonds. The minimum absolute atomic E-state index is 0.0148. The van der Waals surface area contributed by atoms with Crippen LogP contribution in [0.5, 0.6) is 5.75 Å². The minimum atomic E-state index is -0.444. The van der Waals surface area contributed by atoms with Gasteiger partial charge in [0.1, 0.15) is 0 Å². The van der Waals surface area contributed by atoms with Crippen LogP contribution in [0.4, 0.5) is 5.69 Å². The summed E-state index contributed by atoms with van der Waals surface area (Å²) >= 11 is 0. The molecule has 1 rings (SSSR count). The van der Waals surface area contributed by atoms with Gasteiger partial charge in [-0.15, -0.1) is 0 Å². The summed E-state index contributed by atoms with van der Waals surface area (Å²) in [5.41, 5.74) is 6.14. The molecule has 0 spiro atoms. The lowest BCUT2D eigenvalue weighted by Gasteiger charge is -2.06. The Morgan fingerprint density at radius 3 is 2.81 bits per heavy atom. The number of ether oxygens (including phenoxy) is 1. The summed E-state index contributed by atoms with van der Waals surface area (Å²) < 4.78 is 5.36. The molecule has 0 unspecified atom stereocenters. The van der Waals surface area contributed by atoms with Gasteiger partial charge in [0, 0.05) is 12.6 Å². The van der Waals surface area contributed by atoms with E-state index in [9.17, 15) is 10.1 Å². The van der Waals surface area contributed by atoms with Crippen LogP contribution in [-0.2, 0) is 6.54 Å². The van der Waals surface area contributed by atoms with Crippen molar-refractivity contribution in [3.8, 4) is 5.75 Å². The van der Waals surface area contributed by atoms with E-state index in [0.717, 1.165) is 18.4 Å². The molecule has 0 heterocycles. The van der Waals surface area contributed by atoms with Crippen LogP contribution >= 0.6 is 0 Å². The van der Waals surface area contributed by atoms with E-state index in [1.165, 1.54) is 6.07 Å². The molecule has 2 N–H and O–H groups in total. The van der Waals surface area contributed by atoms with Crippen LogP contribution in [0.2, 0.25) is 0 Å². The second-order valence-corrected chi connectivity index (χ2v) is 3.47. The lowest BCUT2D eigenvalue weighted by Crippen LogP contribution is -2.02. The molecular weight excluding hydrogens is 208 g/mol. The molecule has 0 saturated carbocycles. The molecule has 0 radical (unpaired) electrons. The fraction of sp³-hybridized carbons (Fsp3) is 0.455. The van der Waals surface area contributed by atoms with Crippen molar-refractivity contribution in [3.63, 3.8) is 0 Å². The lowest BCUT2D eigenvalue weighted by atomic mass is 10.2. The van der Waals surface area contributed by atoms with Crippen LogP contribution in [0.1, 0.15) is 25.3 Å². The molecule has 0 bridgehead atoms. The molecule has 0 aromatic heterocycles. The van der Waals surface area contributed by atoms with E-state index in [1.54, 1.807) is 12.1 Å². The molecule has 0 fully saturated rings. The largest absolute Gasteiger partial charge is 0.487 e. The van der Waals surface area contributed by atoms with Crippen molar-refractivity contribution in [3.05, 3.63) is 33.9 Å². The second-order valence-electron chi connectivity index (χ2n) is 3.47. The molecule has 0 saturated heterocycles. The number of nitro benzene ring substituents is 1. The second kappa shape index (κ2) is 6.07. The Morgan fingerprint density at radius 2 is 2.25 bits per heavy atom. The van der Waals surface area contributed by atoms with Gasteiger partial charge in [-0.2, -0.15) is 0 Å². The topological polar surface area (TPSA) is 78.4 Å². The van der Waals surface area contributed by atoms with Crippen LogP contribution in [0, 0.1) is 10.1 Å². The molecule has 0 atom stereocenters. The van der Waals surface area contributed by atoms with Gasteiger partial charge in [-0.3, -0.25) is 10.1 Å². The molecule has 0 aliphatic rings. The maximum atomic E-state index is 10.8. The maximum Gasteiger partial charge on any atom is 0.311 e. The van der Waals surface area contributed by atoms with Crippen LogP contribution < -0.4 is 10.5 Å². The first kappa shape index (κ1) is 12.4. The highest BCUT2D eigenvalue weighted by Gasteiger charge is 2.15. The van der Waals surface area contributed by atoms with Gasteiger partial charge >= 0.3 is 5.69 Å². The molecule has 0 aliphatic heterocycles. The molecule has 16 heavy (non-hydrogen) atoms. The van der Waals surface area contributed by atoms with Crippen molar-refractivity contribution in [1.29, 1.82) is 0 Å². The van der Waals surface area contributed by atoms with Gasteiger partial charge in [0.05, 0.1) is 11.5 Å². The van der Waals surface area contributed by atoms with Gasteiger partial charge in [0.2, 0.25) is 0 Å². The molecule has 5 heteroatoms. The highest BCUT2D eigenvalue weighted by Crippen LogP contribution is 2.27. The van der Waals surface area contributed by atoms with E-state index in [2.05, 4.69) is 0 Å². The predicted molar refractivity (Wildman–Crippen MR) is 61.4 cm³/mol. The average molecular weight is 224 g/mol. The van der Waals surface area contributed by atoms with Gasteiger partial charge in [-0.05, 0) is 18.1 Å². The molecule has 1 aromatic rings. The number of nitrogens with zero attached hydrogens (tertiary/aromatic N) is 1. The maximum absolute atomic E-state index is 10.8. The van der Waals surface area contributed by atoms with Crippen molar-refractivity contribution >= 4 is 5.69 Å². The number of nitrogens with two attached hydrogens (primary N) is 1. The fourth-order valence-corrected chi connectivity index (χ4v) is 1.28. The predicted octanol–water partition coefficient (Wildman–Crippen LogP) is 2.23. The summed E-state index contributed by atoms with van der Waals surface area (Å²) in [6.45, 7) is 2.82. The average Bonchev–Trinajstić information content (AvgIpc) is 2.29. The molecule has 0 aliphatic carbocycles. The van der Waals surface area contributed by atoms with E-state index in [0.29, 0.717) is 12.4 Å². The summed E-state index contributed by atoms with van der Waals surface area (Å²) in [6.07, 6.45) is 1.88. The number of nitro groups is 1. The third kappa shape index (κ3) is 3.20. The van der Waals surface area contributed by atoms with Gasteiger partial charge in [-0.25, -0.2) is 0 Å². The number of unbranched alkanes of at least 4 members (excludes halogenated alkanes) is 1. The van der Waals surface area contributed by atoms with Crippen molar-refractivity contribution in [2.24, 2.45) is 5.73 Å². The Kier molecular flexibility index (Phi) is 4.72. The van der Waals surface area contributed by atoms with Crippen LogP contribution in [0.25, 0.3) is 0 Å². The van der Waals surface area contributed by atoms with Crippen molar-refractivity contribution in [1.82, 2.24) is 0 Å². The van der Waals surface area contributed by atoms with E-state index in [1.807, 2.05) is 6.92 Å². The van der Waals surface area contributed by atoms with Crippen molar-refractivity contribution < 1.29 is 9.66 Å². The number of hydrogen-bond donors (Lipinski definition) is 1. The van der Waals surface area contributed by atoms with Gasteiger partial charge < -0.3 is 10.5 Å². The number of benzene rings is 1. The zero-order valence-corrected chi connectivity index (χ0v) is 9.31. The number of hydrogen-bond acceptors (Lipinski definition) is 4. The summed E-state index contributed by atoms with van der Waals surface area (Å²) in [5.74, 6) is 0.315. The summed E-state index contributed by atoms with van der Waals surface area (Å²) in [6, 6.07) is 4.81. The zero-order chi connectivity index (χ0) is 12.0. The van der Waals surface area contributed by atoms with Crippen LogP contribution in [-0.4, -0.2) is 11.5 Å². The minimum Gasteiger partial charge on any atom is -0.487 e. The Morgan fingerprint density at radius 1 is 1.50 bits per heavy atom. The van der Waals surface area contributed by atoms with Gasteiger partial charge in [-0.1, -0.05) is 19.4 Å².